The van der Waals surface area contributed by atoms with Crippen molar-refractivity contribution in [3.63, 3.8) is 0 Å². The topological polar surface area (TPSA) is 78.9 Å². The van der Waals surface area contributed by atoms with Crippen LogP contribution in [0.1, 0.15) is 29.1 Å². The zero-order valence-corrected chi connectivity index (χ0v) is 11.9. The third-order valence-corrected chi connectivity index (χ3v) is 1.77. The van der Waals surface area contributed by atoms with E-state index >= 15 is 0 Å². The van der Waals surface area contributed by atoms with Crippen molar-refractivity contribution in [2.24, 2.45) is 0 Å². The van der Waals surface area contributed by atoms with Crippen molar-refractivity contribution >= 4 is 12.1 Å². The van der Waals surface area contributed by atoms with Crippen LogP contribution in [0.4, 0.5) is 4.79 Å². The van der Waals surface area contributed by atoms with Crippen LogP contribution in [0.3, 0.4) is 0 Å². The van der Waals surface area contributed by atoms with Gasteiger partial charge in [0.05, 0.1) is 0 Å². The second-order valence-corrected chi connectivity index (χ2v) is 4.74. The molecule has 0 spiro atoms. The summed E-state index contributed by atoms with van der Waals surface area (Å²) in [4.78, 5) is 22.2. The minimum atomic E-state index is -0.833. The molecule has 1 fully saturated rings. The van der Waals surface area contributed by atoms with Crippen molar-refractivity contribution < 1.29 is 39.7 Å². The summed E-state index contributed by atoms with van der Waals surface area (Å²) in [6.07, 6.45) is -0.200. The molecule has 0 bridgehead atoms. The molecule has 0 aromatic carbocycles. The molecule has 1 aliphatic rings. The second-order valence-electron chi connectivity index (χ2n) is 4.74. The fraction of sp³-hybridized carbons (Fsp3) is 0.818. The fourth-order valence-corrected chi connectivity index (χ4v) is 1.17. The first-order chi connectivity index (χ1) is 7.72. The molecule has 1 rings (SSSR count). The zero-order chi connectivity index (χ0) is 13.5. The molecule has 0 unspecified atom stereocenters. The number of aliphatic carboxylic acids is 1. The van der Waals surface area contributed by atoms with Crippen LogP contribution in [-0.4, -0.2) is 53.8 Å². The summed E-state index contributed by atoms with van der Waals surface area (Å²) in [5, 5.41) is 10.6. The molecule has 0 saturated carbocycles. The van der Waals surface area contributed by atoms with E-state index in [0.717, 1.165) is 33.1 Å². The molecule has 1 heterocycles. The Kier molecular flexibility index (Phi) is 10.1. The molecule has 18 heavy (non-hydrogen) atoms. The summed E-state index contributed by atoms with van der Waals surface area (Å²) >= 11 is 0. The largest absolute Gasteiger partial charge is 1.00 e. The molecule has 0 atom stereocenters. The molecule has 0 aliphatic carbocycles. The van der Waals surface area contributed by atoms with Gasteiger partial charge in [0.2, 0.25) is 0 Å². The van der Waals surface area contributed by atoms with Crippen LogP contribution in [0.15, 0.2) is 0 Å². The van der Waals surface area contributed by atoms with Gasteiger partial charge in [0.15, 0.2) is 0 Å². The van der Waals surface area contributed by atoms with Gasteiger partial charge in [-0.2, -0.15) is 0 Å². The van der Waals surface area contributed by atoms with Crippen molar-refractivity contribution in [3.8, 4) is 0 Å². The van der Waals surface area contributed by atoms with Gasteiger partial charge in [-0.15, -0.1) is 0 Å². The summed E-state index contributed by atoms with van der Waals surface area (Å²) in [6.45, 7) is 9.94. The Morgan fingerprint density at radius 1 is 1.28 bits per heavy atom. The van der Waals surface area contributed by atoms with Crippen LogP contribution in [-0.2, 0) is 9.53 Å². The molecular formula is C11H23LiN2O4. The monoisotopic (exact) mass is 254 g/mol. The SMILES string of the molecule is CC(=O)O.CC(C)(C)OC(=O)N1CCNCC1.[H-].[Li+]. The van der Waals surface area contributed by atoms with Gasteiger partial charge in [0.25, 0.3) is 5.97 Å². The van der Waals surface area contributed by atoms with Crippen LogP contribution in [0, 0.1) is 0 Å². The predicted octanol–water partition coefficient (Wildman–Crippen LogP) is -1.97. The summed E-state index contributed by atoms with van der Waals surface area (Å²) in [5.74, 6) is -0.833. The number of amides is 1. The quantitative estimate of drug-likeness (QED) is 0.490. The van der Waals surface area contributed by atoms with Crippen LogP contribution < -0.4 is 24.2 Å². The summed E-state index contributed by atoms with van der Waals surface area (Å²) in [5.41, 5.74) is -0.387. The summed E-state index contributed by atoms with van der Waals surface area (Å²) in [6, 6.07) is 0. The third kappa shape index (κ3) is 11.8. The third-order valence-electron chi connectivity index (χ3n) is 1.77. The number of carboxylic acids is 1. The van der Waals surface area contributed by atoms with Crippen molar-refractivity contribution in [3.05, 3.63) is 0 Å². The van der Waals surface area contributed by atoms with Gasteiger partial charge in [-0.25, -0.2) is 4.79 Å². The first kappa shape index (κ1) is 19.6. The smallest absolute Gasteiger partial charge is 1.00 e. The Labute approximate surface area is 122 Å². The average molecular weight is 254 g/mol. The van der Waals surface area contributed by atoms with Crippen molar-refractivity contribution in [1.29, 1.82) is 0 Å². The van der Waals surface area contributed by atoms with Gasteiger partial charge in [-0.05, 0) is 20.8 Å². The van der Waals surface area contributed by atoms with E-state index in [0.29, 0.717) is 0 Å². The average Bonchev–Trinajstić information content (AvgIpc) is 2.15. The van der Waals surface area contributed by atoms with Gasteiger partial charge in [0.1, 0.15) is 5.60 Å². The van der Waals surface area contributed by atoms with Gasteiger partial charge in [-0.1, -0.05) is 0 Å². The maximum absolute atomic E-state index is 11.5. The molecule has 1 saturated heterocycles. The molecule has 6 nitrogen and oxygen atoms in total. The minimum absolute atomic E-state index is 0. The van der Waals surface area contributed by atoms with Crippen molar-refractivity contribution in [1.82, 2.24) is 10.2 Å². The number of carbonyl (C=O) groups is 2. The normalized spacial score (nSPS) is 14.8. The number of carbonyl (C=O) groups excluding carboxylic acids is 1. The zero-order valence-electron chi connectivity index (χ0n) is 12.9. The van der Waals surface area contributed by atoms with E-state index in [9.17, 15) is 4.79 Å². The van der Waals surface area contributed by atoms with E-state index in [1.54, 1.807) is 4.90 Å². The molecule has 0 aromatic heterocycles. The standard InChI is InChI=1S/C9H18N2O2.C2H4O2.Li.H/c1-9(2,3)13-8(12)11-6-4-10-5-7-11;1-2(3)4;;/h10H,4-7H2,1-3H3;1H3,(H,3,4);;/q;;+1;-1. The minimum Gasteiger partial charge on any atom is -1.00 e. The van der Waals surface area contributed by atoms with E-state index in [1.165, 1.54) is 0 Å². The number of carboxylic acid groups (broad SMARTS) is 1. The fourth-order valence-electron chi connectivity index (χ4n) is 1.17. The van der Waals surface area contributed by atoms with Crippen molar-refractivity contribution in [2.45, 2.75) is 33.3 Å². The number of hydrogen-bond donors (Lipinski definition) is 2. The molecule has 2 N–H and O–H groups in total. The van der Waals surface area contributed by atoms with E-state index in [1.807, 2.05) is 20.8 Å². The van der Waals surface area contributed by atoms with Gasteiger partial charge >= 0.3 is 25.0 Å². The number of rotatable bonds is 0. The van der Waals surface area contributed by atoms with Crippen LogP contribution in [0.2, 0.25) is 0 Å². The Bertz CT molecular complexity index is 262. The maximum Gasteiger partial charge on any atom is 1.00 e. The van der Waals surface area contributed by atoms with Gasteiger partial charge in [-0.3, -0.25) is 4.79 Å². The van der Waals surface area contributed by atoms with Crippen LogP contribution in [0.25, 0.3) is 0 Å². The molecule has 7 heteroatoms. The van der Waals surface area contributed by atoms with E-state index in [2.05, 4.69) is 5.32 Å². The maximum atomic E-state index is 11.5. The predicted molar refractivity (Wildman–Crippen MR) is 65.1 cm³/mol. The first-order valence-electron chi connectivity index (χ1n) is 5.60. The van der Waals surface area contributed by atoms with Gasteiger partial charge < -0.3 is 21.5 Å². The molecule has 1 aliphatic heterocycles. The molecular weight excluding hydrogens is 231 g/mol. The molecule has 102 valence electrons. The number of piperazine rings is 1. The first-order valence-corrected chi connectivity index (χ1v) is 5.60. The number of nitrogens with one attached hydrogen (secondary N) is 1. The Morgan fingerprint density at radius 3 is 2.00 bits per heavy atom. The number of nitrogens with zero attached hydrogens (tertiary/aromatic N) is 1. The van der Waals surface area contributed by atoms with E-state index in [-0.39, 0.29) is 32.0 Å². The van der Waals surface area contributed by atoms with E-state index in [4.69, 9.17) is 14.6 Å². The Hall–Kier alpha value is -0.703. The number of ether oxygens (including phenoxy) is 1. The van der Waals surface area contributed by atoms with Crippen LogP contribution >= 0.6 is 0 Å². The molecule has 0 radical (unpaired) electrons. The summed E-state index contributed by atoms with van der Waals surface area (Å²) < 4.78 is 5.24. The summed E-state index contributed by atoms with van der Waals surface area (Å²) in [7, 11) is 0. The molecule has 0 aromatic rings. The van der Waals surface area contributed by atoms with Crippen molar-refractivity contribution in [2.75, 3.05) is 26.2 Å². The number of hydrogen-bond acceptors (Lipinski definition) is 4. The second kappa shape index (κ2) is 9.26. The van der Waals surface area contributed by atoms with Crippen LogP contribution in [0.5, 0.6) is 0 Å². The van der Waals surface area contributed by atoms with E-state index < -0.39 is 5.97 Å². The van der Waals surface area contributed by atoms with Gasteiger partial charge in [0, 0.05) is 33.1 Å². The Morgan fingerprint density at radius 2 is 1.67 bits per heavy atom. The Balaban J connectivity index is -0.000000379. The molecule has 1 amide bonds.